The molecule has 0 fully saturated rings. The summed E-state index contributed by atoms with van der Waals surface area (Å²) in [5, 5.41) is 3.60. The van der Waals surface area contributed by atoms with Crippen LogP contribution in [0.15, 0.2) is 18.2 Å². The van der Waals surface area contributed by atoms with Gasteiger partial charge in [0.05, 0.1) is 5.02 Å². The fourth-order valence-electron chi connectivity index (χ4n) is 1.74. The lowest BCUT2D eigenvalue weighted by Crippen LogP contribution is -2.26. The van der Waals surface area contributed by atoms with Gasteiger partial charge in [-0.05, 0) is 36.6 Å². The first kappa shape index (κ1) is 13.5. The normalized spacial score (nSPS) is 13.1. The van der Waals surface area contributed by atoms with E-state index in [4.69, 9.17) is 11.6 Å². The maximum atomic E-state index is 13.4. The van der Waals surface area contributed by atoms with Gasteiger partial charge in [-0.15, -0.1) is 0 Å². The van der Waals surface area contributed by atoms with Crippen LogP contribution < -0.4 is 5.32 Å². The van der Waals surface area contributed by atoms with E-state index in [0.717, 1.165) is 18.5 Å². The maximum Gasteiger partial charge on any atom is 0.142 e. The van der Waals surface area contributed by atoms with Crippen LogP contribution in [-0.4, -0.2) is 6.54 Å². The van der Waals surface area contributed by atoms with E-state index in [9.17, 15) is 4.39 Å². The van der Waals surface area contributed by atoms with Gasteiger partial charge in [0.2, 0.25) is 0 Å². The maximum absolute atomic E-state index is 13.4. The molecule has 0 aliphatic carbocycles. The van der Waals surface area contributed by atoms with Gasteiger partial charge in [-0.25, -0.2) is 4.39 Å². The summed E-state index contributed by atoms with van der Waals surface area (Å²) in [6.45, 7) is 7.31. The number of hydrogen-bond acceptors (Lipinski definition) is 1. The highest BCUT2D eigenvalue weighted by Crippen LogP contribution is 2.25. The van der Waals surface area contributed by atoms with Crippen LogP contribution in [0.4, 0.5) is 4.39 Å². The Balaban J connectivity index is 2.88. The predicted octanol–water partition coefficient (Wildman–Crippen LogP) is 4.18. The Bertz CT molecular complexity index is 339. The summed E-state index contributed by atoms with van der Waals surface area (Å²) in [6, 6.07) is 5.22. The zero-order chi connectivity index (χ0) is 12.1. The molecule has 0 aromatic heterocycles. The highest BCUT2D eigenvalue weighted by Gasteiger charge is 2.15. The molecule has 0 aliphatic heterocycles. The molecule has 0 radical (unpaired) electrons. The van der Waals surface area contributed by atoms with Crippen molar-refractivity contribution in [2.75, 3.05) is 6.54 Å². The van der Waals surface area contributed by atoms with E-state index < -0.39 is 0 Å². The fourth-order valence-corrected chi connectivity index (χ4v) is 1.86. The Labute approximate surface area is 102 Å². The second kappa shape index (κ2) is 6.21. The number of benzene rings is 1. The standard InChI is InChI=1S/C13H19ClFN/c1-4-7-16-13(9(2)3)10-5-6-11(14)12(15)8-10/h5-6,8-9,13,16H,4,7H2,1-3H3. The minimum atomic E-state index is -0.344. The van der Waals surface area contributed by atoms with Crippen molar-refractivity contribution in [3.8, 4) is 0 Å². The summed E-state index contributed by atoms with van der Waals surface area (Å²) in [6.07, 6.45) is 1.07. The van der Waals surface area contributed by atoms with Crippen molar-refractivity contribution in [1.29, 1.82) is 0 Å². The lowest BCUT2D eigenvalue weighted by atomic mass is 9.96. The Morgan fingerprint density at radius 1 is 1.38 bits per heavy atom. The van der Waals surface area contributed by atoms with E-state index in [-0.39, 0.29) is 16.9 Å². The molecular weight excluding hydrogens is 225 g/mol. The third-order valence-electron chi connectivity index (χ3n) is 2.58. The molecule has 0 saturated carbocycles. The van der Waals surface area contributed by atoms with Crippen LogP contribution in [0.3, 0.4) is 0 Å². The molecule has 0 aliphatic rings. The van der Waals surface area contributed by atoms with E-state index in [2.05, 4.69) is 26.1 Å². The molecule has 1 aromatic carbocycles. The number of rotatable bonds is 5. The molecule has 1 aromatic rings. The third kappa shape index (κ3) is 3.46. The van der Waals surface area contributed by atoms with Gasteiger partial charge in [0.1, 0.15) is 5.82 Å². The molecule has 0 heterocycles. The molecule has 3 heteroatoms. The minimum absolute atomic E-state index is 0.182. The Hall–Kier alpha value is -0.600. The van der Waals surface area contributed by atoms with E-state index in [1.165, 1.54) is 6.07 Å². The van der Waals surface area contributed by atoms with Gasteiger partial charge < -0.3 is 5.32 Å². The van der Waals surface area contributed by atoms with E-state index >= 15 is 0 Å². The van der Waals surface area contributed by atoms with Gasteiger partial charge in [-0.2, -0.15) is 0 Å². The van der Waals surface area contributed by atoms with E-state index in [1.807, 2.05) is 6.07 Å². The van der Waals surface area contributed by atoms with Gasteiger partial charge in [-0.1, -0.05) is 38.4 Å². The number of halogens is 2. The zero-order valence-corrected chi connectivity index (χ0v) is 10.8. The van der Waals surface area contributed by atoms with Crippen LogP contribution in [0.5, 0.6) is 0 Å². The molecule has 90 valence electrons. The van der Waals surface area contributed by atoms with E-state index in [0.29, 0.717) is 5.92 Å². The highest BCUT2D eigenvalue weighted by molar-refractivity contribution is 6.30. The predicted molar refractivity (Wildman–Crippen MR) is 67.3 cm³/mol. The lowest BCUT2D eigenvalue weighted by Gasteiger charge is -2.23. The van der Waals surface area contributed by atoms with Gasteiger partial charge >= 0.3 is 0 Å². The van der Waals surface area contributed by atoms with Crippen LogP contribution in [-0.2, 0) is 0 Å². The quantitative estimate of drug-likeness (QED) is 0.818. The number of hydrogen-bond donors (Lipinski definition) is 1. The first-order chi connectivity index (χ1) is 7.56. The van der Waals surface area contributed by atoms with Crippen molar-refractivity contribution in [3.05, 3.63) is 34.6 Å². The third-order valence-corrected chi connectivity index (χ3v) is 2.89. The summed E-state index contributed by atoms with van der Waals surface area (Å²) in [4.78, 5) is 0. The Morgan fingerprint density at radius 2 is 2.06 bits per heavy atom. The molecular formula is C13H19ClFN. The second-order valence-corrected chi connectivity index (χ2v) is 4.76. The Morgan fingerprint density at radius 3 is 2.56 bits per heavy atom. The topological polar surface area (TPSA) is 12.0 Å². The summed E-state index contributed by atoms with van der Waals surface area (Å²) < 4.78 is 13.4. The van der Waals surface area contributed by atoms with Gasteiger partial charge in [-0.3, -0.25) is 0 Å². The molecule has 1 unspecified atom stereocenters. The van der Waals surface area contributed by atoms with Gasteiger partial charge in [0.25, 0.3) is 0 Å². The Kier molecular flexibility index (Phi) is 5.23. The van der Waals surface area contributed by atoms with Crippen molar-refractivity contribution >= 4 is 11.6 Å². The van der Waals surface area contributed by atoms with Gasteiger partial charge in [0.15, 0.2) is 0 Å². The zero-order valence-electron chi connectivity index (χ0n) is 10.1. The van der Waals surface area contributed by atoms with Crippen molar-refractivity contribution in [2.24, 2.45) is 5.92 Å². The molecule has 1 atom stereocenters. The molecule has 0 saturated heterocycles. The molecule has 1 nitrogen and oxygen atoms in total. The van der Waals surface area contributed by atoms with Crippen molar-refractivity contribution < 1.29 is 4.39 Å². The SMILES string of the molecule is CCCNC(c1ccc(Cl)c(F)c1)C(C)C. The van der Waals surface area contributed by atoms with Crippen LogP contribution >= 0.6 is 11.6 Å². The molecule has 0 spiro atoms. The number of nitrogens with one attached hydrogen (secondary N) is 1. The summed E-state index contributed by atoms with van der Waals surface area (Å²) in [7, 11) is 0. The summed E-state index contributed by atoms with van der Waals surface area (Å²) in [5.74, 6) is 0.0789. The molecule has 0 amide bonds. The largest absolute Gasteiger partial charge is 0.310 e. The first-order valence-electron chi connectivity index (χ1n) is 5.74. The second-order valence-electron chi connectivity index (χ2n) is 4.35. The molecule has 16 heavy (non-hydrogen) atoms. The summed E-state index contributed by atoms with van der Waals surface area (Å²) >= 11 is 5.67. The molecule has 1 N–H and O–H groups in total. The highest BCUT2D eigenvalue weighted by atomic mass is 35.5. The average Bonchev–Trinajstić information content (AvgIpc) is 2.23. The summed E-state index contributed by atoms with van der Waals surface area (Å²) in [5.41, 5.74) is 0.963. The van der Waals surface area contributed by atoms with Gasteiger partial charge in [0, 0.05) is 6.04 Å². The lowest BCUT2D eigenvalue weighted by molar-refractivity contribution is 0.411. The van der Waals surface area contributed by atoms with Crippen molar-refractivity contribution in [3.63, 3.8) is 0 Å². The van der Waals surface area contributed by atoms with E-state index in [1.54, 1.807) is 6.07 Å². The van der Waals surface area contributed by atoms with Crippen molar-refractivity contribution in [1.82, 2.24) is 5.32 Å². The minimum Gasteiger partial charge on any atom is -0.310 e. The van der Waals surface area contributed by atoms with Crippen LogP contribution in [0.25, 0.3) is 0 Å². The first-order valence-corrected chi connectivity index (χ1v) is 6.12. The van der Waals surface area contributed by atoms with Crippen molar-refractivity contribution in [2.45, 2.75) is 33.2 Å². The fraction of sp³-hybridized carbons (Fsp3) is 0.538. The van der Waals surface area contributed by atoms with Crippen LogP contribution in [0, 0.1) is 11.7 Å². The monoisotopic (exact) mass is 243 g/mol. The molecule has 0 bridgehead atoms. The smallest absolute Gasteiger partial charge is 0.142 e. The van der Waals surface area contributed by atoms with Crippen LogP contribution in [0.1, 0.15) is 38.8 Å². The molecule has 1 rings (SSSR count). The van der Waals surface area contributed by atoms with Crippen LogP contribution in [0.2, 0.25) is 5.02 Å². The average molecular weight is 244 g/mol.